The number of hydrogen-bond donors (Lipinski definition) is 1. The maximum atomic E-state index is 15.7. The summed E-state index contributed by atoms with van der Waals surface area (Å²) in [6.07, 6.45) is 0.771. The largest absolute Gasteiger partial charge is 0.457 e. The number of esters is 2. The molecule has 0 aromatic heterocycles. The maximum Gasteiger partial charge on any atom is 0.306 e. The second kappa shape index (κ2) is 9.96. The smallest absolute Gasteiger partial charge is 0.306 e. The molecular formula is C29H38F2O7. The van der Waals surface area contributed by atoms with E-state index in [0.29, 0.717) is 12.8 Å². The fraction of sp³-hybridized carbons (Fsp3) is 0.724. The molecule has 0 radical (unpaired) electrons. The fourth-order valence-corrected chi connectivity index (χ4v) is 8.41. The number of aliphatic hydroxyl groups excluding tert-OH is 1. The number of rotatable bonds is 7. The average molecular weight is 537 g/mol. The fourth-order valence-electron chi connectivity index (χ4n) is 8.41. The maximum absolute atomic E-state index is 15.7. The molecule has 0 aromatic carbocycles. The number of aliphatic hydroxyl groups is 1. The van der Waals surface area contributed by atoms with Gasteiger partial charge in [0.05, 0.1) is 6.10 Å². The number of halogens is 2. The summed E-state index contributed by atoms with van der Waals surface area (Å²) in [4.78, 5) is 50.7. The Bertz CT molecular complexity index is 1100. The number of Topliss-reactive ketones (excluding diaryl/α,β-unsaturated/α-hetero) is 1. The van der Waals surface area contributed by atoms with Crippen LogP contribution in [-0.4, -0.2) is 53.1 Å². The molecule has 7 nitrogen and oxygen atoms in total. The lowest BCUT2D eigenvalue weighted by molar-refractivity contribution is -0.207. The van der Waals surface area contributed by atoms with Gasteiger partial charge in [0.1, 0.15) is 6.17 Å². The molecular weight excluding hydrogens is 498 g/mol. The number of ether oxygens (including phenoxy) is 2. The van der Waals surface area contributed by atoms with Crippen molar-refractivity contribution in [3.63, 3.8) is 0 Å². The van der Waals surface area contributed by atoms with E-state index in [0.717, 1.165) is 6.08 Å². The topological polar surface area (TPSA) is 107 Å². The Hall–Kier alpha value is -2.42. The molecule has 38 heavy (non-hydrogen) atoms. The van der Waals surface area contributed by atoms with Crippen molar-refractivity contribution < 1.29 is 42.5 Å². The summed E-state index contributed by atoms with van der Waals surface area (Å²) in [5.74, 6) is -5.58. The molecule has 0 unspecified atom stereocenters. The SMILES string of the molecule is CCCC(=O)O[C@]1(C(=O)COC(=O)CC)[C@@H](C)C[C@H]2[C@@H]3C[C@H](F)C4=C(F)C(=O)C=C[C@]4(C)[C@H]3[C@@H](O)C[C@@]21C. The molecule has 210 valence electrons. The lowest BCUT2D eigenvalue weighted by atomic mass is 9.45. The van der Waals surface area contributed by atoms with E-state index in [1.54, 1.807) is 27.7 Å². The third-order valence-electron chi connectivity index (χ3n) is 9.89. The van der Waals surface area contributed by atoms with Crippen LogP contribution in [-0.2, 0) is 28.7 Å². The van der Waals surface area contributed by atoms with Crippen LogP contribution in [0.5, 0.6) is 0 Å². The molecule has 4 rings (SSSR count). The van der Waals surface area contributed by atoms with Gasteiger partial charge in [-0.3, -0.25) is 19.2 Å². The van der Waals surface area contributed by atoms with Gasteiger partial charge < -0.3 is 14.6 Å². The first-order valence-electron chi connectivity index (χ1n) is 13.6. The Kier molecular flexibility index (Phi) is 7.49. The minimum Gasteiger partial charge on any atom is -0.457 e. The summed E-state index contributed by atoms with van der Waals surface area (Å²) < 4.78 is 41.9. The zero-order valence-corrected chi connectivity index (χ0v) is 22.7. The Morgan fingerprint density at radius 3 is 2.47 bits per heavy atom. The highest BCUT2D eigenvalue weighted by Gasteiger charge is 2.73. The first-order chi connectivity index (χ1) is 17.8. The molecule has 0 saturated heterocycles. The highest BCUT2D eigenvalue weighted by molar-refractivity contribution is 6.04. The molecule has 0 aliphatic heterocycles. The van der Waals surface area contributed by atoms with E-state index in [9.17, 15) is 28.7 Å². The van der Waals surface area contributed by atoms with Gasteiger partial charge >= 0.3 is 11.9 Å². The highest BCUT2D eigenvalue weighted by Crippen LogP contribution is 2.69. The van der Waals surface area contributed by atoms with Crippen LogP contribution in [0.1, 0.15) is 73.1 Å². The van der Waals surface area contributed by atoms with Gasteiger partial charge in [-0.2, -0.15) is 0 Å². The molecule has 0 bridgehead atoms. The van der Waals surface area contributed by atoms with Crippen molar-refractivity contribution in [3.8, 4) is 0 Å². The second-order valence-electron chi connectivity index (χ2n) is 11.9. The number of allylic oxidation sites excluding steroid dienone is 4. The Morgan fingerprint density at radius 2 is 1.84 bits per heavy atom. The number of fused-ring (bicyclic) bond motifs is 5. The molecule has 3 saturated carbocycles. The van der Waals surface area contributed by atoms with Crippen LogP contribution >= 0.6 is 0 Å². The number of alkyl halides is 1. The van der Waals surface area contributed by atoms with Crippen molar-refractivity contribution in [2.24, 2.45) is 34.5 Å². The van der Waals surface area contributed by atoms with Crippen molar-refractivity contribution in [2.45, 2.75) is 91.0 Å². The summed E-state index contributed by atoms with van der Waals surface area (Å²) in [5, 5.41) is 11.6. The molecule has 9 heteroatoms. The first kappa shape index (κ1) is 28.6. The minimum atomic E-state index is -1.74. The van der Waals surface area contributed by atoms with Crippen molar-refractivity contribution >= 4 is 23.5 Å². The van der Waals surface area contributed by atoms with E-state index in [1.807, 2.05) is 6.92 Å². The van der Waals surface area contributed by atoms with Crippen LogP contribution < -0.4 is 0 Å². The monoisotopic (exact) mass is 536 g/mol. The molecule has 0 spiro atoms. The lowest BCUT2D eigenvalue weighted by Gasteiger charge is -2.60. The summed E-state index contributed by atoms with van der Waals surface area (Å²) in [6, 6.07) is 0. The third kappa shape index (κ3) is 3.98. The third-order valence-corrected chi connectivity index (χ3v) is 9.89. The van der Waals surface area contributed by atoms with E-state index in [1.165, 1.54) is 6.08 Å². The molecule has 0 heterocycles. The van der Waals surface area contributed by atoms with Gasteiger partial charge in [-0.25, -0.2) is 8.78 Å². The summed E-state index contributed by atoms with van der Waals surface area (Å²) in [7, 11) is 0. The predicted octanol–water partition coefficient (Wildman–Crippen LogP) is 4.36. The molecule has 9 atom stereocenters. The van der Waals surface area contributed by atoms with E-state index < -0.39 is 82.4 Å². The van der Waals surface area contributed by atoms with E-state index in [-0.39, 0.29) is 37.2 Å². The van der Waals surface area contributed by atoms with Gasteiger partial charge in [0.25, 0.3) is 0 Å². The predicted molar refractivity (Wildman–Crippen MR) is 133 cm³/mol. The van der Waals surface area contributed by atoms with Gasteiger partial charge in [0, 0.05) is 41.1 Å². The summed E-state index contributed by atoms with van der Waals surface area (Å²) in [6.45, 7) is 8.09. The lowest BCUT2D eigenvalue weighted by Crippen LogP contribution is -2.65. The number of ketones is 2. The molecule has 4 aliphatic carbocycles. The summed E-state index contributed by atoms with van der Waals surface area (Å²) >= 11 is 0. The normalized spacial score (nSPS) is 41.7. The molecule has 3 fully saturated rings. The van der Waals surface area contributed by atoms with E-state index in [2.05, 4.69) is 0 Å². The first-order valence-corrected chi connectivity index (χ1v) is 13.6. The Labute approximate surface area is 222 Å². The van der Waals surface area contributed by atoms with Crippen LogP contribution in [0.25, 0.3) is 0 Å². The van der Waals surface area contributed by atoms with Crippen LogP contribution in [0, 0.1) is 34.5 Å². The number of carbonyl (C=O) groups excluding carboxylic acids is 4. The van der Waals surface area contributed by atoms with Crippen molar-refractivity contribution in [1.82, 2.24) is 0 Å². The van der Waals surface area contributed by atoms with Crippen LogP contribution in [0.4, 0.5) is 8.78 Å². The average Bonchev–Trinajstić information content (AvgIpc) is 3.06. The molecule has 0 aromatic rings. The summed E-state index contributed by atoms with van der Waals surface area (Å²) in [5.41, 5.74) is -4.20. The zero-order chi connectivity index (χ0) is 28.2. The van der Waals surface area contributed by atoms with E-state index in [4.69, 9.17) is 9.47 Å². The Balaban J connectivity index is 1.80. The minimum absolute atomic E-state index is 0.0409. The number of carbonyl (C=O) groups is 4. The van der Waals surface area contributed by atoms with Gasteiger partial charge in [-0.1, -0.05) is 40.7 Å². The molecule has 4 aliphatic rings. The van der Waals surface area contributed by atoms with Gasteiger partial charge in [-0.05, 0) is 43.6 Å². The molecule has 0 amide bonds. The van der Waals surface area contributed by atoms with Crippen LogP contribution in [0.3, 0.4) is 0 Å². The van der Waals surface area contributed by atoms with Crippen LogP contribution in [0.15, 0.2) is 23.6 Å². The standard InChI is InChI=1S/C29H38F2O7/c1-6-8-23(36)38-29(21(34)14-37-22(35)7-2)15(3)11-17-16-12-18(30)25-26(31)19(32)9-10-27(25,4)24(16)20(33)13-28(17,29)5/h9-10,15-18,20,24,33H,6-8,11-14H2,1-5H3/t15-,16-,17-,18-,20-,24+,27+,28-,29-/m0/s1. The second-order valence-corrected chi connectivity index (χ2v) is 11.9. The number of hydrogen-bond acceptors (Lipinski definition) is 7. The van der Waals surface area contributed by atoms with Crippen molar-refractivity contribution in [3.05, 3.63) is 23.6 Å². The zero-order valence-electron chi connectivity index (χ0n) is 22.7. The van der Waals surface area contributed by atoms with E-state index >= 15 is 4.39 Å². The van der Waals surface area contributed by atoms with Crippen molar-refractivity contribution in [1.29, 1.82) is 0 Å². The van der Waals surface area contributed by atoms with Crippen molar-refractivity contribution in [2.75, 3.05) is 6.61 Å². The van der Waals surface area contributed by atoms with Crippen LogP contribution in [0.2, 0.25) is 0 Å². The highest BCUT2D eigenvalue weighted by atomic mass is 19.1. The quantitative estimate of drug-likeness (QED) is 0.482. The molecule has 1 N–H and O–H groups in total. The Morgan fingerprint density at radius 1 is 1.16 bits per heavy atom. The van der Waals surface area contributed by atoms with Gasteiger partial charge in [0.15, 0.2) is 18.0 Å². The van der Waals surface area contributed by atoms with Gasteiger partial charge in [-0.15, -0.1) is 0 Å². The van der Waals surface area contributed by atoms with Gasteiger partial charge in [0.2, 0.25) is 11.6 Å².